The van der Waals surface area contributed by atoms with Gasteiger partial charge in [-0.3, -0.25) is 4.79 Å². The molecule has 0 saturated carbocycles. The molecule has 1 aliphatic carbocycles. The number of halogens is 4. The largest absolute Gasteiger partial charge is 0.416 e. The van der Waals surface area contributed by atoms with Gasteiger partial charge in [0.05, 0.1) is 12.2 Å². The number of nitrogens with zero attached hydrogens (tertiary/aromatic N) is 1. The number of nitrogens with one attached hydrogen (secondary N) is 2. The number of H-pyrrole nitrogens is 1. The van der Waals surface area contributed by atoms with Gasteiger partial charge in [0, 0.05) is 38.0 Å². The van der Waals surface area contributed by atoms with Crippen molar-refractivity contribution in [2.75, 3.05) is 26.2 Å². The first-order chi connectivity index (χ1) is 16.3. The second-order valence-electron chi connectivity index (χ2n) is 11.1. The smallest absolute Gasteiger partial charge is 0.394 e. The number of hydrogen-bond acceptors (Lipinski definition) is 3. The highest BCUT2D eigenvalue weighted by Gasteiger charge is 2.50. The van der Waals surface area contributed by atoms with E-state index in [2.05, 4.69) is 44.7 Å². The summed E-state index contributed by atoms with van der Waals surface area (Å²) in [6.45, 7) is 10.3. The summed E-state index contributed by atoms with van der Waals surface area (Å²) in [4.78, 5) is 18.5. The Kier molecular flexibility index (Phi) is 7.27. The van der Waals surface area contributed by atoms with E-state index in [1.54, 1.807) is 13.0 Å². The first-order valence-electron chi connectivity index (χ1n) is 12.3. The Labute approximate surface area is 218 Å². The summed E-state index contributed by atoms with van der Waals surface area (Å²) < 4.78 is 40.2. The number of fused-ring (bicyclic) bond motifs is 4. The second-order valence-corrected chi connectivity index (χ2v) is 13.1. The van der Waals surface area contributed by atoms with Crippen molar-refractivity contribution in [3.8, 4) is 0 Å². The highest BCUT2D eigenvalue weighted by molar-refractivity contribution is 14.1. The van der Waals surface area contributed by atoms with Gasteiger partial charge >= 0.3 is 6.18 Å². The molecule has 194 valence electrons. The summed E-state index contributed by atoms with van der Waals surface area (Å²) in [7, 11) is 0. The number of likely N-dealkylation sites (tertiary alicyclic amines) is 1. The second kappa shape index (κ2) is 9.52. The van der Waals surface area contributed by atoms with Gasteiger partial charge in [0.15, 0.2) is 0 Å². The number of aromatic amines is 1. The van der Waals surface area contributed by atoms with E-state index in [1.165, 1.54) is 6.07 Å². The summed E-state index contributed by atoms with van der Waals surface area (Å²) >= 11 is 2.57. The highest BCUT2D eigenvalue weighted by atomic mass is 127. The third-order valence-electron chi connectivity index (χ3n) is 8.11. The fraction of sp³-hybridized carbons (Fsp3) is 0.654. The number of rotatable bonds is 6. The molecule has 2 aromatic rings. The molecule has 3 N–H and O–H groups in total. The minimum absolute atomic E-state index is 0.0620. The average molecular weight is 605 g/mol. The van der Waals surface area contributed by atoms with Gasteiger partial charge in [0.1, 0.15) is 0 Å². The molecular formula is C26H35F3IN3O2. The van der Waals surface area contributed by atoms with Crippen LogP contribution in [0.15, 0.2) is 18.2 Å². The van der Waals surface area contributed by atoms with Crippen molar-refractivity contribution in [2.24, 2.45) is 11.3 Å². The first-order valence-corrected chi connectivity index (χ1v) is 13.4. The summed E-state index contributed by atoms with van der Waals surface area (Å²) in [6, 6.07) is 3.74. The monoisotopic (exact) mass is 605 g/mol. The standard InChI is InChI=1S/C26H35F3IN3O2/c1-15(13-34)31-23(35)24(3,4)8-10-33-9-7-17-12-21-22(16(2)25(17,30)14-33)19-11-18(26(27,28)29)5-6-20(19)32-21/h5-6,11,15-17,32,34H,7-10,12-14H2,1-4H3,(H,31,35)/t15-,16+,17-,25+/m1/s1. The van der Waals surface area contributed by atoms with Gasteiger partial charge in [-0.2, -0.15) is 13.2 Å². The Morgan fingerprint density at radius 1 is 1.37 bits per heavy atom. The van der Waals surface area contributed by atoms with Crippen LogP contribution in [0.25, 0.3) is 10.9 Å². The van der Waals surface area contributed by atoms with Crippen LogP contribution in [0.2, 0.25) is 0 Å². The number of piperidine rings is 1. The molecule has 9 heteroatoms. The van der Waals surface area contributed by atoms with E-state index in [-0.39, 0.29) is 27.9 Å². The molecule has 4 atom stereocenters. The van der Waals surface area contributed by atoms with Crippen LogP contribution in [0.5, 0.6) is 0 Å². The maximum absolute atomic E-state index is 13.4. The van der Waals surface area contributed by atoms with Gasteiger partial charge in [0.2, 0.25) is 5.91 Å². The van der Waals surface area contributed by atoms with Crippen molar-refractivity contribution < 1.29 is 23.1 Å². The topological polar surface area (TPSA) is 68.4 Å². The van der Waals surface area contributed by atoms with Crippen LogP contribution >= 0.6 is 22.6 Å². The Morgan fingerprint density at radius 3 is 2.74 bits per heavy atom. The fourth-order valence-electron chi connectivity index (χ4n) is 5.69. The predicted octanol–water partition coefficient (Wildman–Crippen LogP) is 5.26. The van der Waals surface area contributed by atoms with Crippen LogP contribution in [-0.2, 0) is 17.4 Å². The first kappa shape index (κ1) is 26.7. The van der Waals surface area contributed by atoms with E-state index in [0.29, 0.717) is 17.7 Å². The number of alkyl halides is 4. The molecule has 35 heavy (non-hydrogen) atoms. The Hall–Kier alpha value is -1.33. The lowest BCUT2D eigenvalue weighted by atomic mass is 9.68. The molecule has 1 aromatic heterocycles. The number of carbonyl (C=O) groups is 1. The number of amides is 1. The molecule has 0 unspecified atom stereocenters. The summed E-state index contributed by atoms with van der Waals surface area (Å²) in [5.74, 6) is 0.477. The molecule has 5 nitrogen and oxygen atoms in total. The van der Waals surface area contributed by atoms with E-state index in [0.717, 1.165) is 55.3 Å². The van der Waals surface area contributed by atoms with E-state index < -0.39 is 17.2 Å². The van der Waals surface area contributed by atoms with Gasteiger partial charge in [-0.1, -0.05) is 43.4 Å². The molecular weight excluding hydrogens is 570 g/mol. The summed E-state index contributed by atoms with van der Waals surface area (Å²) in [6.07, 6.45) is -1.81. The molecule has 2 aliphatic rings. The number of aliphatic hydroxyl groups is 1. The van der Waals surface area contributed by atoms with Crippen molar-refractivity contribution >= 4 is 39.4 Å². The minimum atomic E-state index is -4.36. The number of aliphatic hydroxyl groups excluding tert-OH is 1. The zero-order valence-electron chi connectivity index (χ0n) is 20.7. The molecule has 0 spiro atoms. The molecule has 1 aliphatic heterocycles. The molecule has 0 radical (unpaired) electrons. The quantitative estimate of drug-likeness (QED) is 0.311. The zero-order valence-corrected chi connectivity index (χ0v) is 22.9. The Bertz CT molecular complexity index is 1100. The van der Waals surface area contributed by atoms with Crippen LogP contribution in [-0.4, -0.2) is 56.6 Å². The SMILES string of the molecule is C[C@H](CO)NC(=O)C(C)(C)CCN1CC[C@@H]2Cc3[nH]c4ccc(C(F)(F)F)cc4c3[C@H](C)[C@@]2(I)C1. The lowest BCUT2D eigenvalue weighted by Crippen LogP contribution is -2.55. The normalized spacial score (nSPS) is 26.3. The minimum Gasteiger partial charge on any atom is -0.394 e. The maximum atomic E-state index is 13.4. The van der Waals surface area contributed by atoms with Crippen molar-refractivity contribution in [3.63, 3.8) is 0 Å². The van der Waals surface area contributed by atoms with E-state index in [1.807, 2.05) is 13.8 Å². The molecule has 1 saturated heterocycles. The molecule has 0 bridgehead atoms. The van der Waals surface area contributed by atoms with Gasteiger partial charge in [0.25, 0.3) is 0 Å². The van der Waals surface area contributed by atoms with E-state index in [4.69, 9.17) is 0 Å². The Balaban J connectivity index is 1.53. The molecule has 4 rings (SSSR count). The van der Waals surface area contributed by atoms with E-state index in [9.17, 15) is 23.1 Å². The molecule has 1 amide bonds. The predicted molar refractivity (Wildman–Crippen MR) is 140 cm³/mol. The van der Waals surface area contributed by atoms with Crippen LogP contribution in [0, 0.1) is 11.3 Å². The molecule has 1 fully saturated rings. The van der Waals surface area contributed by atoms with Crippen LogP contribution in [0.1, 0.15) is 63.3 Å². The average Bonchev–Trinajstić information content (AvgIpc) is 3.15. The molecule has 2 heterocycles. The number of aromatic nitrogens is 1. The van der Waals surface area contributed by atoms with Gasteiger partial charge in [-0.05, 0) is 74.9 Å². The van der Waals surface area contributed by atoms with Crippen LogP contribution in [0.3, 0.4) is 0 Å². The van der Waals surface area contributed by atoms with Gasteiger partial charge < -0.3 is 20.3 Å². The third kappa shape index (κ3) is 5.09. The highest BCUT2D eigenvalue weighted by Crippen LogP contribution is 2.54. The van der Waals surface area contributed by atoms with Gasteiger partial charge in [-0.15, -0.1) is 0 Å². The Morgan fingerprint density at radius 2 is 2.09 bits per heavy atom. The lowest BCUT2D eigenvalue weighted by Gasteiger charge is -2.51. The fourth-order valence-corrected chi connectivity index (χ4v) is 7.01. The number of benzene rings is 1. The lowest BCUT2D eigenvalue weighted by molar-refractivity contribution is -0.137. The summed E-state index contributed by atoms with van der Waals surface area (Å²) in [5, 5.41) is 12.8. The number of hydrogen-bond donors (Lipinski definition) is 3. The summed E-state index contributed by atoms with van der Waals surface area (Å²) in [5.41, 5.74) is 1.71. The van der Waals surface area contributed by atoms with Crippen molar-refractivity contribution in [1.82, 2.24) is 15.2 Å². The number of carbonyl (C=O) groups excluding carboxylic acids is 1. The third-order valence-corrected chi connectivity index (χ3v) is 10.3. The zero-order chi connectivity index (χ0) is 25.8. The van der Waals surface area contributed by atoms with Crippen LogP contribution in [0.4, 0.5) is 13.2 Å². The van der Waals surface area contributed by atoms with Gasteiger partial charge in [-0.25, -0.2) is 0 Å². The van der Waals surface area contributed by atoms with Crippen molar-refractivity contribution in [1.29, 1.82) is 0 Å². The van der Waals surface area contributed by atoms with Crippen molar-refractivity contribution in [3.05, 3.63) is 35.0 Å². The molecule has 1 aromatic carbocycles. The maximum Gasteiger partial charge on any atom is 0.416 e. The van der Waals surface area contributed by atoms with Crippen molar-refractivity contribution in [2.45, 2.75) is 68.5 Å². The van der Waals surface area contributed by atoms with E-state index >= 15 is 0 Å². The van der Waals surface area contributed by atoms with Crippen LogP contribution < -0.4 is 5.32 Å².